The Hall–Kier alpha value is -2.85. The van der Waals surface area contributed by atoms with Gasteiger partial charge in [0.1, 0.15) is 18.8 Å². The maximum absolute atomic E-state index is 13.7. The number of hydrogen-bond acceptors (Lipinski definition) is 5. The summed E-state index contributed by atoms with van der Waals surface area (Å²) in [5, 5.41) is 22.1. The third kappa shape index (κ3) is 6.71. The molecule has 0 bridgehead atoms. The minimum atomic E-state index is -5.06. The average Bonchev–Trinajstić information content (AvgIpc) is 2.65. The van der Waals surface area contributed by atoms with Gasteiger partial charge < -0.3 is 25.0 Å². The van der Waals surface area contributed by atoms with Crippen molar-refractivity contribution in [1.29, 1.82) is 0 Å². The predicted molar refractivity (Wildman–Crippen MR) is 88.7 cm³/mol. The van der Waals surface area contributed by atoms with Crippen molar-refractivity contribution in [2.75, 3.05) is 6.54 Å². The van der Waals surface area contributed by atoms with Crippen LogP contribution in [0.5, 0.6) is 5.75 Å². The van der Waals surface area contributed by atoms with E-state index >= 15 is 0 Å². The van der Waals surface area contributed by atoms with Gasteiger partial charge in [-0.15, -0.1) is 13.2 Å². The lowest BCUT2D eigenvalue weighted by Crippen LogP contribution is -2.35. The molecule has 0 aromatic heterocycles. The van der Waals surface area contributed by atoms with Gasteiger partial charge in [-0.3, -0.25) is 0 Å². The number of nitrogens with one attached hydrogen (secondary N) is 1. The molecule has 3 N–H and O–H groups in total. The van der Waals surface area contributed by atoms with Crippen molar-refractivity contribution in [2.24, 2.45) is 0 Å². The Balaban J connectivity index is 1.85. The summed E-state index contributed by atoms with van der Waals surface area (Å²) in [4.78, 5) is 11.6. The summed E-state index contributed by atoms with van der Waals surface area (Å²) in [7, 11) is 0. The summed E-state index contributed by atoms with van der Waals surface area (Å²) < 4.78 is 58.4. The topological polar surface area (TPSA) is 88.0 Å². The van der Waals surface area contributed by atoms with E-state index in [9.17, 15) is 32.6 Å². The molecule has 2 aromatic rings. The second kappa shape index (κ2) is 9.38. The molecule has 152 valence electrons. The molecule has 0 radical (unpaired) electrons. The number of amides is 1. The van der Waals surface area contributed by atoms with Crippen LogP contribution in [0.2, 0.25) is 0 Å². The zero-order valence-corrected chi connectivity index (χ0v) is 14.3. The molecule has 10 heteroatoms. The number of alkyl carbamates (subject to hydrolysis) is 1. The monoisotopic (exact) mass is 403 g/mol. The van der Waals surface area contributed by atoms with E-state index in [-0.39, 0.29) is 12.2 Å². The normalized spacial score (nSPS) is 13.5. The number of alkyl halides is 3. The molecule has 2 unspecified atom stereocenters. The van der Waals surface area contributed by atoms with E-state index in [1.54, 1.807) is 30.3 Å². The maximum atomic E-state index is 13.7. The Kier molecular flexibility index (Phi) is 7.18. The van der Waals surface area contributed by atoms with Crippen molar-refractivity contribution in [3.8, 4) is 5.75 Å². The lowest BCUT2D eigenvalue weighted by Gasteiger charge is -2.19. The van der Waals surface area contributed by atoms with Gasteiger partial charge in [0.25, 0.3) is 0 Å². The van der Waals surface area contributed by atoms with Crippen LogP contribution in [-0.4, -0.2) is 35.3 Å². The number of hydrogen-bond donors (Lipinski definition) is 3. The van der Waals surface area contributed by atoms with Crippen molar-refractivity contribution in [3.63, 3.8) is 0 Å². The van der Waals surface area contributed by atoms with Gasteiger partial charge >= 0.3 is 12.5 Å². The van der Waals surface area contributed by atoms with Crippen LogP contribution in [0, 0.1) is 5.82 Å². The fourth-order valence-corrected chi connectivity index (χ4v) is 2.20. The van der Waals surface area contributed by atoms with Crippen LogP contribution in [0.4, 0.5) is 22.4 Å². The van der Waals surface area contributed by atoms with Crippen LogP contribution in [0.1, 0.15) is 17.2 Å². The first-order valence-corrected chi connectivity index (χ1v) is 8.01. The quantitative estimate of drug-likeness (QED) is 0.619. The number of benzene rings is 2. The molecule has 0 heterocycles. The smallest absolute Gasteiger partial charge is 0.445 e. The third-order valence-electron chi connectivity index (χ3n) is 3.56. The van der Waals surface area contributed by atoms with E-state index in [0.717, 1.165) is 11.6 Å². The largest absolute Gasteiger partial charge is 0.573 e. The molecule has 0 aliphatic rings. The Morgan fingerprint density at radius 1 is 1.11 bits per heavy atom. The average molecular weight is 403 g/mol. The van der Waals surface area contributed by atoms with Crippen molar-refractivity contribution in [3.05, 3.63) is 65.5 Å². The number of halogens is 4. The molecule has 6 nitrogen and oxygen atoms in total. The molecule has 2 atom stereocenters. The van der Waals surface area contributed by atoms with Crippen molar-refractivity contribution in [1.82, 2.24) is 5.32 Å². The lowest BCUT2D eigenvalue weighted by atomic mass is 10.0. The van der Waals surface area contributed by atoms with Gasteiger partial charge in [0.2, 0.25) is 0 Å². The minimum absolute atomic E-state index is 0.00278. The number of aliphatic hydroxyl groups is 2. The van der Waals surface area contributed by atoms with E-state index in [1.165, 1.54) is 0 Å². The van der Waals surface area contributed by atoms with Crippen molar-refractivity contribution in [2.45, 2.75) is 25.2 Å². The lowest BCUT2D eigenvalue weighted by molar-refractivity contribution is -0.275. The highest BCUT2D eigenvalue weighted by molar-refractivity contribution is 5.67. The van der Waals surface area contributed by atoms with E-state index in [1.807, 2.05) is 0 Å². The Morgan fingerprint density at radius 3 is 2.39 bits per heavy atom. The van der Waals surface area contributed by atoms with Crippen LogP contribution in [0.3, 0.4) is 0 Å². The number of aliphatic hydroxyl groups excluding tert-OH is 2. The van der Waals surface area contributed by atoms with Crippen LogP contribution in [-0.2, 0) is 11.3 Å². The molecule has 2 rings (SSSR count). The molecular weight excluding hydrogens is 386 g/mol. The van der Waals surface area contributed by atoms with Gasteiger partial charge in [0.05, 0.1) is 0 Å². The minimum Gasteiger partial charge on any atom is -0.445 e. The first kappa shape index (κ1) is 21.5. The summed E-state index contributed by atoms with van der Waals surface area (Å²) >= 11 is 0. The van der Waals surface area contributed by atoms with Gasteiger partial charge in [-0.05, 0) is 23.3 Å². The fourth-order valence-electron chi connectivity index (χ4n) is 2.20. The maximum Gasteiger partial charge on any atom is 0.573 e. The van der Waals surface area contributed by atoms with Crippen LogP contribution < -0.4 is 10.1 Å². The first-order chi connectivity index (χ1) is 13.2. The standard InChI is InChI=1S/C18H17F4NO5/c19-13-8-12(6-7-15(13)28-18(20,21)22)16(25)14(24)9-23-17(26)27-10-11-4-2-1-3-5-11/h1-8,14,16,24-25H,9-10H2,(H,23,26). The molecule has 0 saturated heterocycles. The molecule has 2 aromatic carbocycles. The third-order valence-corrected chi connectivity index (χ3v) is 3.56. The summed E-state index contributed by atoms with van der Waals surface area (Å²) in [6, 6.07) is 11.1. The molecule has 28 heavy (non-hydrogen) atoms. The van der Waals surface area contributed by atoms with Crippen molar-refractivity contribution >= 4 is 6.09 Å². The molecule has 0 saturated carbocycles. The van der Waals surface area contributed by atoms with Gasteiger partial charge in [-0.2, -0.15) is 0 Å². The first-order valence-electron chi connectivity index (χ1n) is 8.01. The van der Waals surface area contributed by atoms with E-state index in [4.69, 9.17) is 4.74 Å². The van der Waals surface area contributed by atoms with Gasteiger partial charge in [-0.25, -0.2) is 9.18 Å². The number of ether oxygens (including phenoxy) is 2. The van der Waals surface area contributed by atoms with Crippen LogP contribution in [0.25, 0.3) is 0 Å². The highest BCUT2D eigenvalue weighted by atomic mass is 19.4. The van der Waals surface area contributed by atoms with E-state index < -0.39 is 42.8 Å². The van der Waals surface area contributed by atoms with Gasteiger partial charge in [0.15, 0.2) is 11.6 Å². The summed E-state index contributed by atoms with van der Waals surface area (Å²) in [6.07, 6.45) is -9.14. The van der Waals surface area contributed by atoms with Crippen molar-refractivity contribution < 1.29 is 42.0 Å². The summed E-state index contributed by atoms with van der Waals surface area (Å²) in [5.74, 6) is -2.43. The molecule has 0 aliphatic heterocycles. The number of carbonyl (C=O) groups excluding carboxylic acids is 1. The highest BCUT2D eigenvalue weighted by Gasteiger charge is 2.32. The van der Waals surface area contributed by atoms with E-state index in [2.05, 4.69) is 10.1 Å². The second-order valence-corrected chi connectivity index (χ2v) is 5.69. The SMILES string of the molecule is O=C(NCC(O)C(O)c1ccc(OC(F)(F)F)c(F)c1)OCc1ccccc1. The number of rotatable bonds is 7. The van der Waals surface area contributed by atoms with Crippen LogP contribution in [0.15, 0.2) is 48.5 Å². The molecule has 0 spiro atoms. The summed E-state index contributed by atoms with van der Waals surface area (Å²) in [5.41, 5.74) is 0.550. The summed E-state index contributed by atoms with van der Waals surface area (Å²) in [6.45, 7) is -0.436. The molecule has 1 amide bonds. The Labute approximate surface area is 157 Å². The molecule has 0 aliphatic carbocycles. The zero-order chi connectivity index (χ0) is 20.7. The second-order valence-electron chi connectivity index (χ2n) is 5.69. The Morgan fingerprint density at radius 2 is 1.79 bits per heavy atom. The Bertz CT molecular complexity index is 785. The molecule has 0 fully saturated rings. The number of carbonyl (C=O) groups is 1. The van der Waals surface area contributed by atoms with Gasteiger partial charge in [0, 0.05) is 6.54 Å². The fraction of sp³-hybridized carbons (Fsp3) is 0.278. The highest BCUT2D eigenvalue weighted by Crippen LogP contribution is 2.28. The van der Waals surface area contributed by atoms with E-state index in [0.29, 0.717) is 12.1 Å². The predicted octanol–water partition coefficient (Wildman–Crippen LogP) is 3.05. The van der Waals surface area contributed by atoms with Gasteiger partial charge in [-0.1, -0.05) is 36.4 Å². The molecular formula is C18H17F4NO5. The zero-order valence-electron chi connectivity index (χ0n) is 14.3. The van der Waals surface area contributed by atoms with Crippen LogP contribution >= 0.6 is 0 Å².